The minimum absolute atomic E-state index is 1.69. The van der Waals surface area contributed by atoms with Crippen LogP contribution in [0.1, 0.15) is 41.5 Å². The Labute approximate surface area is 87.2 Å². The summed E-state index contributed by atoms with van der Waals surface area (Å²) in [6.07, 6.45) is 1.69. The van der Waals surface area contributed by atoms with Crippen molar-refractivity contribution in [3.05, 3.63) is 26.3 Å². The zero-order valence-corrected chi connectivity index (χ0v) is 11.2. The molecule has 0 aromatic heterocycles. The Bertz CT molecular complexity index is 6.97. The van der Waals surface area contributed by atoms with Crippen LogP contribution in [0.2, 0.25) is 0 Å². The van der Waals surface area contributed by atoms with Gasteiger partial charge in [0.15, 0.2) is 0 Å². The Kier molecular flexibility index (Phi) is 123000. The Morgan fingerprint density at radius 1 is 0.500 bits per heavy atom. The Hall–Kier alpha value is -0.170. The van der Waals surface area contributed by atoms with Gasteiger partial charge in [-0.2, -0.15) is 12.6 Å². The van der Waals surface area contributed by atoms with E-state index < -0.39 is 0 Å². The molecule has 0 aliphatic rings. The summed E-state index contributed by atoms with van der Waals surface area (Å²) in [5, 5.41) is 0. The van der Waals surface area contributed by atoms with E-state index in [1.807, 2.05) is 41.5 Å². The SMILES string of the molecule is C=C.C=C.CC.CC.CC.CS. The molecule has 0 nitrogen and oxygen atoms in total. The maximum absolute atomic E-state index is 3.53. The standard InChI is InChI=1S/3C2H6.2C2H4.CH4S/c6*1-2/h3*1-2H3;2*1-2H2;2H,1H3. The number of hydrogen-bond acceptors (Lipinski definition) is 1. The van der Waals surface area contributed by atoms with Crippen LogP contribution in [0.3, 0.4) is 0 Å². The molecule has 0 saturated heterocycles. The van der Waals surface area contributed by atoms with Crippen molar-refractivity contribution >= 4 is 12.6 Å². The van der Waals surface area contributed by atoms with Crippen LogP contribution < -0.4 is 0 Å². The first-order valence-electron chi connectivity index (χ1n) is 4.45. The third kappa shape index (κ3) is 26500. The monoisotopic (exact) mass is 194 g/mol. The largest absolute Gasteiger partial charge is 0.183 e. The van der Waals surface area contributed by atoms with Crippen molar-refractivity contribution in [2.75, 3.05) is 6.26 Å². The quantitative estimate of drug-likeness (QED) is 0.396. The summed E-state index contributed by atoms with van der Waals surface area (Å²) in [4.78, 5) is 0. The van der Waals surface area contributed by atoms with E-state index in [4.69, 9.17) is 0 Å². The summed E-state index contributed by atoms with van der Waals surface area (Å²) in [5.74, 6) is 0. The Balaban J connectivity index is -0.00000000900. The van der Waals surface area contributed by atoms with Gasteiger partial charge < -0.3 is 0 Å². The van der Waals surface area contributed by atoms with Gasteiger partial charge in [0.2, 0.25) is 0 Å². The molecule has 0 fully saturated rings. The van der Waals surface area contributed by atoms with Crippen LogP contribution in [0.25, 0.3) is 0 Å². The van der Waals surface area contributed by atoms with Crippen molar-refractivity contribution in [2.45, 2.75) is 41.5 Å². The summed E-state index contributed by atoms with van der Waals surface area (Å²) >= 11 is 3.53. The van der Waals surface area contributed by atoms with Crippen LogP contribution in [0.15, 0.2) is 26.3 Å². The summed E-state index contributed by atoms with van der Waals surface area (Å²) in [5.41, 5.74) is 0. The van der Waals surface area contributed by atoms with E-state index in [2.05, 4.69) is 38.9 Å². The molecule has 0 amide bonds. The highest BCUT2D eigenvalue weighted by Gasteiger charge is 0.936. The highest BCUT2D eigenvalue weighted by molar-refractivity contribution is 7.79. The molecule has 0 atom stereocenters. The average Bonchev–Trinajstić information content (AvgIpc) is 2.33. The topological polar surface area (TPSA) is 0 Å². The van der Waals surface area contributed by atoms with Crippen molar-refractivity contribution in [1.82, 2.24) is 0 Å². The van der Waals surface area contributed by atoms with Gasteiger partial charge in [-0.05, 0) is 6.26 Å². The lowest BCUT2D eigenvalue weighted by Gasteiger charge is -1.11. The maximum atomic E-state index is 3.53. The molecule has 0 bridgehead atoms. The summed E-state index contributed by atoms with van der Waals surface area (Å²) in [7, 11) is 0. The molecule has 0 radical (unpaired) electrons. The second-order valence-corrected chi connectivity index (χ2v) is 0. The predicted octanol–water partition coefficient (Wildman–Crippen LogP) is 5.23. The molecule has 80 valence electrons. The van der Waals surface area contributed by atoms with Crippen molar-refractivity contribution in [1.29, 1.82) is 0 Å². The molecule has 0 aliphatic heterocycles. The van der Waals surface area contributed by atoms with Gasteiger partial charge >= 0.3 is 0 Å². The van der Waals surface area contributed by atoms with Gasteiger partial charge in [0, 0.05) is 0 Å². The number of thiol groups is 1. The fraction of sp³-hybridized carbons (Fsp3) is 0.636. The zero-order chi connectivity index (χ0) is 12.0. The molecule has 12 heavy (non-hydrogen) atoms. The summed E-state index contributed by atoms with van der Waals surface area (Å²) in [6, 6.07) is 0. The predicted molar refractivity (Wildman–Crippen MR) is 71.5 cm³/mol. The van der Waals surface area contributed by atoms with Crippen molar-refractivity contribution in [2.24, 2.45) is 0 Å². The molecule has 1 heteroatoms. The molecule has 0 rings (SSSR count). The smallest absolute Gasteiger partial charge is 0.0215 e. The van der Waals surface area contributed by atoms with E-state index in [9.17, 15) is 0 Å². The number of hydrogen-bond donors (Lipinski definition) is 1. The molecule has 0 aromatic rings. The molecular weight excluding hydrogens is 164 g/mol. The molecule has 0 aromatic carbocycles. The van der Waals surface area contributed by atoms with Crippen LogP contribution in [-0.4, -0.2) is 6.26 Å². The minimum Gasteiger partial charge on any atom is -0.183 e. The highest BCUT2D eigenvalue weighted by atomic mass is 32.1. The Morgan fingerprint density at radius 3 is 0.500 bits per heavy atom. The molecule has 0 heterocycles. The van der Waals surface area contributed by atoms with E-state index >= 15 is 0 Å². The first-order chi connectivity index (χ1) is 6.00. The molecular formula is C11H30S. The first-order valence-corrected chi connectivity index (χ1v) is 5.34. The zero-order valence-electron chi connectivity index (χ0n) is 10.3. The van der Waals surface area contributed by atoms with Crippen LogP contribution in [0.5, 0.6) is 0 Å². The van der Waals surface area contributed by atoms with E-state index in [1.54, 1.807) is 6.26 Å². The molecule has 0 aliphatic carbocycles. The van der Waals surface area contributed by atoms with Gasteiger partial charge in [0.05, 0.1) is 0 Å². The van der Waals surface area contributed by atoms with E-state index in [0.717, 1.165) is 0 Å². The lowest BCUT2D eigenvalue weighted by atomic mass is 11.0. The van der Waals surface area contributed by atoms with Crippen molar-refractivity contribution < 1.29 is 0 Å². The van der Waals surface area contributed by atoms with E-state index in [0.29, 0.717) is 0 Å². The third-order valence-corrected chi connectivity index (χ3v) is 0. The van der Waals surface area contributed by atoms with Crippen molar-refractivity contribution in [3.8, 4) is 0 Å². The van der Waals surface area contributed by atoms with Gasteiger partial charge in [-0.15, -0.1) is 26.3 Å². The normalized spacial score (nSPS) is 2.67. The van der Waals surface area contributed by atoms with Crippen molar-refractivity contribution in [3.63, 3.8) is 0 Å². The van der Waals surface area contributed by atoms with Crippen LogP contribution in [0.4, 0.5) is 0 Å². The third-order valence-electron chi connectivity index (χ3n) is 0. The second kappa shape index (κ2) is 36200. The van der Waals surface area contributed by atoms with E-state index in [1.165, 1.54) is 0 Å². The van der Waals surface area contributed by atoms with Gasteiger partial charge in [-0.3, -0.25) is 0 Å². The Morgan fingerprint density at radius 2 is 0.500 bits per heavy atom. The fourth-order valence-electron chi connectivity index (χ4n) is 0. The molecule has 0 N–H and O–H groups in total. The molecule has 0 unspecified atom stereocenters. The first kappa shape index (κ1) is 40.8. The van der Waals surface area contributed by atoms with Crippen LogP contribution >= 0.6 is 12.6 Å². The second-order valence-electron chi connectivity index (χ2n) is 0. The lowest BCUT2D eigenvalue weighted by molar-refractivity contribution is 1.50. The summed E-state index contributed by atoms with van der Waals surface area (Å²) < 4.78 is 0. The molecule has 0 spiro atoms. The van der Waals surface area contributed by atoms with Gasteiger partial charge in [0.1, 0.15) is 0 Å². The van der Waals surface area contributed by atoms with Gasteiger partial charge in [-0.25, -0.2) is 0 Å². The maximum Gasteiger partial charge on any atom is -0.0215 e. The average molecular weight is 194 g/mol. The minimum atomic E-state index is 1.69. The van der Waals surface area contributed by atoms with Crippen LogP contribution in [0, 0.1) is 0 Å². The lowest BCUT2D eigenvalue weighted by Crippen LogP contribution is -0.865. The van der Waals surface area contributed by atoms with Crippen LogP contribution in [-0.2, 0) is 0 Å². The highest BCUT2D eigenvalue weighted by Crippen LogP contribution is 1.31. The van der Waals surface area contributed by atoms with Gasteiger partial charge in [-0.1, -0.05) is 41.5 Å². The summed E-state index contributed by atoms with van der Waals surface area (Å²) in [6.45, 7) is 24.0. The molecule has 0 saturated carbocycles. The fourth-order valence-corrected chi connectivity index (χ4v) is 0. The van der Waals surface area contributed by atoms with E-state index in [-0.39, 0.29) is 0 Å². The van der Waals surface area contributed by atoms with Gasteiger partial charge in [0.25, 0.3) is 0 Å². The number of rotatable bonds is 0.